The molecular weight excluding hydrogens is 260 g/mol. The van der Waals surface area contributed by atoms with E-state index in [2.05, 4.69) is 13.8 Å². The van der Waals surface area contributed by atoms with Crippen LogP contribution in [-0.4, -0.2) is 12.4 Å². The topological polar surface area (TPSA) is 26.3 Å². The van der Waals surface area contributed by atoms with Gasteiger partial charge in [0.05, 0.1) is 0 Å². The molecule has 19 heavy (non-hydrogen) atoms. The fourth-order valence-corrected chi connectivity index (χ4v) is 3.22. The van der Waals surface area contributed by atoms with Crippen molar-refractivity contribution in [1.82, 2.24) is 0 Å². The number of hydrogen-bond acceptors (Lipinski definition) is 2. The van der Waals surface area contributed by atoms with E-state index in [9.17, 15) is 4.79 Å². The van der Waals surface area contributed by atoms with E-state index >= 15 is 0 Å². The summed E-state index contributed by atoms with van der Waals surface area (Å²) in [6.45, 7) is 4.62. The summed E-state index contributed by atoms with van der Waals surface area (Å²) >= 11 is 5.88. The molecule has 2 atom stereocenters. The van der Waals surface area contributed by atoms with Gasteiger partial charge in [0.15, 0.2) is 5.78 Å². The average molecular weight is 281 g/mol. The predicted molar refractivity (Wildman–Crippen MR) is 77.6 cm³/mol. The second-order valence-electron chi connectivity index (χ2n) is 5.83. The van der Waals surface area contributed by atoms with Gasteiger partial charge in [0.2, 0.25) is 0 Å². The first-order valence-corrected chi connectivity index (χ1v) is 7.33. The highest BCUT2D eigenvalue weighted by Gasteiger charge is 2.28. The lowest BCUT2D eigenvalue weighted by molar-refractivity contribution is -0.126. The highest BCUT2D eigenvalue weighted by atomic mass is 35.5. The van der Waals surface area contributed by atoms with Gasteiger partial charge in [0.1, 0.15) is 12.4 Å². The molecule has 2 unspecified atom stereocenters. The minimum atomic E-state index is 0.157. The third-order valence-electron chi connectivity index (χ3n) is 3.81. The van der Waals surface area contributed by atoms with Crippen LogP contribution in [0.3, 0.4) is 0 Å². The number of rotatable bonds is 4. The molecule has 0 N–H and O–H groups in total. The van der Waals surface area contributed by atoms with Gasteiger partial charge in [-0.1, -0.05) is 31.5 Å². The molecule has 2 nitrogen and oxygen atoms in total. The highest BCUT2D eigenvalue weighted by molar-refractivity contribution is 6.30. The molecule has 0 bridgehead atoms. The van der Waals surface area contributed by atoms with E-state index in [4.69, 9.17) is 16.3 Å². The Labute approximate surface area is 120 Å². The molecule has 0 heterocycles. The lowest BCUT2D eigenvalue weighted by atomic mass is 9.75. The molecule has 1 saturated carbocycles. The molecule has 104 valence electrons. The van der Waals surface area contributed by atoms with Crippen LogP contribution in [0.2, 0.25) is 5.02 Å². The molecular formula is C16H21ClO2. The van der Waals surface area contributed by atoms with Gasteiger partial charge in [-0.15, -0.1) is 0 Å². The zero-order valence-corrected chi connectivity index (χ0v) is 12.3. The zero-order valence-electron chi connectivity index (χ0n) is 11.6. The number of carbonyl (C=O) groups excluding carboxylic acids is 1. The Kier molecular flexibility index (Phi) is 4.87. The van der Waals surface area contributed by atoms with E-state index < -0.39 is 0 Å². The van der Waals surface area contributed by atoms with Crippen molar-refractivity contribution >= 4 is 17.4 Å². The van der Waals surface area contributed by atoms with Gasteiger partial charge < -0.3 is 4.74 Å². The Morgan fingerprint density at radius 3 is 2.58 bits per heavy atom. The fraction of sp³-hybridized carbons (Fsp3) is 0.562. The molecule has 1 aromatic rings. The minimum absolute atomic E-state index is 0.157. The van der Waals surface area contributed by atoms with Crippen LogP contribution in [0.1, 0.15) is 33.1 Å². The SMILES string of the molecule is CC1CC(C)CC(C(=O)COc2cccc(Cl)c2)C1. The van der Waals surface area contributed by atoms with Gasteiger partial charge in [-0.05, 0) is 49.3 Å². The van der Waals surface area contributed by atoms with Crippen molar-refractivity contribution in [2.45, 2.75) is 33.1 Å². The summed E-state index contributed by atoms with van der Waals surface area (Å²) in [5.41, 5.74) is 0. The summed E-state index contributed by atoms with van der Waals surface area (Å²) in [7, 11) is 0. The fourth-order valence-electron chi connectivity index (χ4n) is 3.04. The number of halogens is 1. The van der Waals surface area contributed by atoms with Crippen LogP contribution in [0, 0.1) is 17.8 Å². The second kappa shape index (κ2) is 6.42. The van der Waals surface area contributed by atoms with E-state index in [1.807, 2.05) is 12.1 Å². The molecule has 0 spiro atoms. The zero-order chi connectivity index (χ0) is 13.8. The van der Waals surface area contributed by atoms with Crippen molar-refractivity contribution in [3.05, 3.63) is 29.3 Å². The third kappa shape index (κ3) is 4.24. The van der Waals surface area contributed by atoms with E-state index in [1.165, 1.54) is 6.42 Å². The van der Waals surface area contributed by atoms with Gasteiger partial charge in [-0.25, -0.2) is 0 Å². The highest BCUT2D eigenvalue weighted by Crippen LogP contribution is 2.33. The van der Waals surface area contributed by atoms with Gasteiger partial charge in [-0.3, -0.25) is 4.79 Å². The molecule has 3 heteroatoms. The molecule has 1 aromatic carbocycles. The van der Waals surface area contributed by atoms with E-state index in [0.717, 1.165) is 12.8 Å². The number of carbonyl (C=O) groups is 1. The van der Waals surface area contributed by atoms with Crippen LogP contribution in [0.4, 0.5) is 0 Å². The van der Waals surface area contributed by atoms with Crippen LogP contribution >= 0.6 is 11.6 Å². The smallest absolute Gasteiger partial charge is 0.173 e. The van der Waals surface area contributed by atoms with Crippen LogP contribution in [0.5, 0.6) is 5.75 Å². The Bertz CT molecular complexity index is 434. The molecule has 0 radical (unpaired) electrons. The maximum Gasteiger partial charge on any atom is 0.173 e. The van der Waals surface area contributed by atoms with E-state index in [1.54, 1.807) is 12.1 Å². The van der Waals surface area contributed by atoms with Gasteiger partial charge in [0, 0.05) is 10.9 Å². The van der Waals surface area contributed by atoms with Crippen molar-refractivity contribution < 1.29 is 9.53 Å². The van der Waals surface area contributed by atoms with Crippen molar-refractivity contribution in [2.75, 3.05) is 6.61 Å². The monoisotopic (exact) mass is 280 g/mol. The molecule has 2 rings (SSSR count). The molecule has 1 fully saturated rings. The minimum Gasteiger partial charge on any atom is -0.486 e. The maximum atomic E-state index is 12.2. The molecule has 1 aliphatic rings. The Balaban J connectivity index is 1.87. The lowest BCUT2D eigenvalue weighted by Crippen LogP contribution is -2.29. The third-order valence-corrected chi connectivity index (χ3v) is 4.05. The summed E-state index contributed by atoms with van der Waals surface area (Å²) < 4.78 is 5.54. The van der Waals surface area contributed by atoms with Gasteiger partial charge in [-0.2, -0.15) is 0 Å². The number of benzene rings is 1. The number of Topliss-reactive ketones (excluding diaryl/α,β-unsaturated/α-hetero) is 1. The van der Waals surface area contributed by atoms with Crippen molar-refractivity contribution in [3.63, 3.8) is 0 Å². The predicted octanol–water partition coefficient (Wildman–Crippen LogP) is 4.36. The van der Waals surface area contributed by atoms with Gasteiger partial charge >= 0.3 is 0 Å². The Morgan fingerprint density at radius 1 is 1.26 bits per heavy atom. The maximum absolute atomic E-state index is 12.2. The lowest BCUT2D eigenvalue weighted by Gasteiger charge is -2.30. The van der Waals surface area contributed by atoms with Crippen molar-refractivity contribution in [3.8, 4) is 5.75 Å². The van der Waals surface area contributed by atoms with Gasteiger partial charge in [0.25, 0.3) is 0 Å². The molecule has 0 aliphatic heterocycles. The molecule has 0 aromatic heterocycles. The van der Waals surface area contributed by atoms with Crippen LogP contribution in [0.15, 0.2) is 24.3 Å². The quantitative estimate of drug-likeness (QED) is 0.819. The van der Waals surface area contributed by atoms with Crippen LogP contribution in [0.25, 0.3) is 0 Å². The summed E-state index contributed by atoms with van der Waals surface area (Å²) in [6, 6.07) is 7.18. The van der Waals surface area contributed by atoms with Crippen LogP contribution < -0.4 is 4.74 Å². The normalized spacial score (nSPS) is 27.0. The van der Waals surface area contributed by atoms with E-state index in [0.29, 0.717) is 22.6 Å². The summed E-state index contributed by atoms with van der Waals surface area (Å²) in [5.74, 6) is 2.34. The second-order valence-corrected chi connectivity index (χ2v) is 6.26. The largest absolute Gasteiger partial charge is 0.486 e. The van der Waals surface area contributed by atoms with E-state index in [-0.39, 0.29) is 18.3 Å². The molecule has 1 aliphatic carbocycles. The first-order valence-electron chi connectivity index (χ1n) is 6.95. The summed E-state index contributed by atoms with van der Waals surface area (Å²) in [6.07, 6.45) is 3.24. The summed E-state index contributed by atoms with van der Waals surface area (Å²) in [5, 5.41) is 0.629. The Hall–Kier alpha value is -1.02. The first kappa shape index (κ1) is 14.4. The summed E-state index contributed by atoms with van der Waals surface area (Å²) in [4.78, 5) is 12.2. The standard InChI is InChI=1S/C16H21ClO2/c1-11-6-12(2)8-13(7-11)16(18)10-19-15-5-3-4-14(17)9-15/h3-5,9,11-13H,6-8,10H2,1-2H3. The molecule has 0 amide bonds. The number of ketones is 1. The van der Waals surface area contributed by atoms with Crippen molar-refractivity contribution in [1.29, 1.82) is 0 Å². The Morgan fingerprint density at radius 2 is 1.95 bits per heavy atom. The first-order chi connectivity index (χ1) is 9.04. The average Bonchev–Trinajstić information content (AvgIpc) is 2.35. The number of hydrogen-bond donors (Lipinski definition) is 0. The number of ether oxygens (including phenoxy) is 1. The molecule has 0 saturated heterocycles. The van der Waals surface area contributed by atoms with Crippen LogP contribution in [-0.2, 0) is 4.79 Å². The van der Waals surface area contributed by atoms with Crippen molar-refractivity contribution in [2.24, 2.45) is 17.8 Å².